The van der Waals surface area contributed by atoms with E-state index in [0.717, 1.165) is 19.3 Å². The van der Waals surface area contributed by atoms with Crippen LogP contribution in [-0.2, 0) is 9.59 Å². The molecule has 0 aliphatic carbocycles. The van der Waals surface area contributed by atoms with Gasteiger partial charge in [-0.15, -0.1) is 0 Å². The molecule has 0 saturated heterocycles. The molecule has 1 aromatic rings. The maximum absolute atomic E-state index is 12.4. The molecule has 0 saturated carbocycles. The molecule has 0 unspecified atom stereocenters. The van der Waals surface area contributed by atoms with Crippen LogP contribution in [0, 0.1) is 11.8 Å². The van der Waals surface area contributed by atoms with Crippen molar-refractivity contribution in [2.75, 3.05) is 18.4 Å². The number of Topliss-reactive ketones (excluding diaryl/α,β-unsaturated/α-hetero) is 2. The van der Waals surface area contributed by atoms with E-state index < -0.39 is 18.4 Å². The van der Waals surface area contributed by atoms with Crippen molar-refractivity contribution in [3.8, 4) is 0 Å². The lowest BCUT2D eigenvalue weighted by Gasteiger charge is -2.12. The lowest BCUT2D eigenvalue weighted by molar-refractivity contribution is -0.135. The van der Waals surface area contributed by atoms with Crippen molar-refractivity contribution in [1.82, 2.24) is 5.32 Å². The Labute approximate surface area is 172 Å². The summed E-state index contributed by atoms with van der Waals surface area (Å²) < 4.78 is 0. The number of hydrogen-bond acceptors (Lipinski definition) is 5. The van der Waals surface area contributed by atoms with Gasteiger partial charge in [0.15, 0.2) is 5.78 Å². The van der Waals surface area contributed by atoms with Crippen LogP contribution in [0.4, 0.5) is 5.69 Å². The lowest BCUT2D eigenvalue weighted by Crippen LogP contribution is -2.29. The molecule has 0 spiro atoms. The smallest absolute Gasteiger partial charge is 0.322 e. The van der Waals surface area contributed by atoms with Crippen molar-refractivity contribution in [3.05, 3.63) is 29.3 Å². The molecule has 0 heterocycles. The van der Waals surface area contributed by atoms with E-state index in [1.54, 1.807) is 26.0 Å². The number of carbonyl (C=O) groups is 4. The number of benzene rings is 1. The fraction of sp³-hybridized carbons (Fsp3) is 0.545. The first-order valence-electron chi connectivity index (χ1n) is 10.1. The summed E-state index contributed by atoms with van der Waals surface area (Å²) in [7, 11) is 0. The Hall–Kier alpha value is -2.70. The van der Waals surface area contributed by atoms with Crippen LogP contribution in [0.25, 0.3) is 0 Å². The van der Waals surface area contributed by atoms with Crippen molar-refractivity contribution in [3.63, 3.8) is 0 Å². The van der Waals surface area contributed by atoms with Crippen LogP contribution in [0.3, 0.4) is 0 Å². The summed E-state index contributed by atoms with van der Waals surface area (Å²) in [5, 5.41) is 14.3. The third-order valence-electron chi connectivity index (χ3n) is 4.48. The number of hydrogen-bond donors (Lipinski definition) is 3. The summed E-state index contributed by atoms with van der Waals surface area (Å²) in [6, 6.07) is 4.80. The first-order chi connectivity index (χ1) is 13.6. The molecule has 0 aliphatic heterocycles. The van der Waals surface area contributed by atoms with E-state index in [9.17, 15) is 19.2 Å². The monoisotopic (exact) mass is 404 g/mol. The third kappa shape index (κ3) is 8.89. The summed E-state index contributed by atoms with van der Waals surface area (Å²) in [5.74, 6) is -1.65. The highest BCUT2D eigenvalue weighted by atomic mass is 16.4. The fourth-order valence-corrected chi connectivity index (χ4v) is 2.72. The van der Waals surface area contributed by atoms with E-state index in [-0.39, 0.29) is 29.0 Å². The fourth-order valence-electron chi connectivity index (χ4n) is 2.72. The number of carboxylic acids is 1. The summed E-state index contributed by atoms with van der Waals surface area (Å²) >= 11 is 0. The molecule has 0 aromatic heterocycles. The van der Waals surface area contributed by atoms with Gasteiger partial charge >= 0.3 is 5.97 Å². The van der Waals surface area contributed by atoms with Crippen LogP contribution in [-0.4, -0.2) is 41.6 Å². The number of unbranched alkanes of at least 4 members (excludes halogenated alkanes) is 2. The molecule has 160 valence electrons. The minimum absolute atomic E-state index is 0.0695. The number of carbonyl (C=O) groups excluding carboxylic acids is 3. The van der Waals surface area contributed by atoms with E-state index >= 15 is 0 Å². The number of nitrogens with one attached hydrogen (secondary N) is 2. The van der Waals surface area contributed by atoms with Gasteiger partial charge in [0.1, 0.15) is 12.3 Å². The normalized spacial score (nSPS) is 10.8. The summed E-state index contributed by atoms with van der Waals surface area (Å²) in [6.07, 6.45) is 3.19. The Balaban J connectivity index is 2.74. The number of carboxylic acid groups (broad SMARTS) is 1. The molecule has 0 aliphatic rings. The number of amides is 1. The van der Waals surface area contributed by atoms with Crippen LogP contribution in [0.1, 0.15) is 74.1 Å². The van der Waals surface area contributed by atoms with Crippen molar-refractivity contribution in [1.29, 1.82) is 0 Å². The zero-order valence-electron chi connectivity index (χ0n) is 17.7. The second-order valence-corrected chi connectivity index (χ2v) is 7.75. The first kappa shape index (κ1) is 24.3. The van der Waals surface area contributed by atoms with Gasteiger partial charge < -0.3 is 15.7 Å². The highest BCUT2D eigenvalue weighted by molar-refractivity contribution is 6.03. The molecule has 1 rings (SSSR count). The SMILES string of the molecule is CC(C)C(=O)CCCCCNc1cc(C(=O)NCC(=O)O)cc(C(=O)C(C)C)c1. The van der Waals surface area contributed by atoms with Crippen molar-refractivity contribution in [2.45, 2.75) is 53.4 Å². The second kappa shape index (κ2) is 12.0. The molecular formula is C22H32N2O5. The predicted octanol–water partition coefficient (Wildman–Crippen LogP) is 3.54. The summed E-state index contributed by atoms with van der Waals surface area (Å²) in [5.41, 5.74) is 1.28. The molecule has 7 nitrogen and oxygen atoms in total. The highest BCUT2D eigenvalue weighted by Gasteiger charge is 2.16. The Kier molecular flexibility index (Phi) is 10.1. The van der Waals surface area contributed by atoms with Crippen LogP contribution < -0.4 is 10.6 Å². The van der Waals surface area contributed by atoms with Crippen molar-refractivity contribution < 1.29 is 24.3 Å². The maximum Gasteiger partial charge on any atom is 0.322 e. The van der Waals surface area contributed by atoms with Gasteiger partial charge in [-0.1, -0.05) is 34.1 Å². The largest absolute Gasteiger partial charge is 0.480 e. The molecule has 0 fully saturated rings. The molecule has 0 bridgehead atoms. The minimum atomic E-state index is -1.14. The maximum atomic E-state index is 12.4. The molecule has 0 atom stereocenters. The first-order valence-corrected chi connectivity index (χ1v) is 10.1. The van der Waals surface area contributed by atoms with Gasteiger partial charge in [-0.05, 0) is 31.0 Å². The minimum Gasteiger partial charge on any atom is -0.480 e. The molecule has 1 aromatic carbocycles. The Morgan fingerprint density at radius 1 is 0.897 bits per heavy atom. The molecule has 0 radical (unpaired) electrons. The van der Waals surface area contributed by atoms with Gasteiger partial charge in [-0.3, -0.25) is 19.2 Å². The average molecular weight is 405 g/mol. The van der Waals surface area contributed by atoms with E-state index in [1.807, 2.05) is 13.8 Å². The zero-order valence-corrected chi connectivity index (χ0v) is 17.7. The van der Waals surface area contributed by atoms with E-state index in [2.05, 4.69) is 10.6 Å². The molecular weight excluding hydrogens is 372 g/mol. The Morgan fingerprint density at radius 3 is 2.14 bits per heavy atom. The van der Waals surface area contributed by atoms with Gasteiger partial charge in [0.05, 0.1) is 0 Å². The quantitative estimate of drug-likeness (QED) is 0.342. The predicted molar refractivity (Wildman–Crippen MR) is 112 cm³/mol. The molecule has 1 amide bonds. The Bertz CT molecular complexity index is 741. The third-order valence-corrected chi connectivity index (χ3v) is 4.48. The van der Waals surface area contributed by atoms with E-state index in [4.69, 9.17) is 5.11 Å². The van der Waals surface area contributed by atoms with Gasteiger partial charge in [0.25, 0.3) is 5.91 Å². The van der Waals surface area contributed by atoms with Crippen molar-refractivity contribution >= 4 is 29.1 Å². The number of anilines is 1. The summed E-state index contributed by atoms with van der Waals surface area (Å²) in [6.45, 7) is 7.53. The average Bonchev–Trinajstić information content (AvgIpc) is 2.67. The Morgan fingerprint density at radius 2 is 1.55 bits per heavy atom. The second-order valence-electron chi connectivity index (χ2n) is 7.75. The number of rotatable bonds is 13. The van der Waals surface area contributed by atoms with Gasteiger partial charge in [0, 0.05) is 41.6 Å². The lowest BCUT2D eigenvalue weighted by atomic mass is 9.98. The van der Waals surface area contributed by atoms with Gasteiger partial charge in [0.2, 0.25) is 0 Å². The molecule has 29 heavy (non-hydrogen) atoms. The topological polar surface area (TPSA) is 113 Å². The van der Waals surface area contributed by atoms with E-state index in [0.29, 0.717) is 24.2 Å². The van der Waals surface area contributed by atoms with Crippen molar-refractivity contribution in [2.24, 2.45) is 11.8 Å². The summed E-state index contributed by atoms with van der Waals surface area (Å²) in [4.78, 5) is 46.9. The van der Waals surface area contributed by atoms with Crippen LogP contribution in [0.5, 0.6) is 0 Å². The van der Waals surface area contributed by atoms with E-state index in [1.165, 1.54) is 6.07 Å². The van der Waals surface area contributed by atoms with Crippen LogP contribution >= 0.6 is 0 Å². The number of ketones is 2. The molecule has 3 N–H and O–H groups in total. The number of aliphatic carboxylic acids is 1. The van der Waals surface area contributed by atoms with Crippen LogP contribution in [0.2, 0.25) is 0 Å². The van der Waals surface area contributed by atoms with Gasteiger partial charge in [-0.2, -0.15) is 0 Å². The van der Waals surface area contributed by atoms with Gasteiger partial charge in [-0.25, -0.2) is 0 Å². The molecule has 7 heteroatoms. The van der Waals surface area contributed by atoms with Crippen LogP contribution in [0.15, 0.2) is 18.2 Å². The highest BCUT2D eigenvalue weighted by Crippen LogP contribution is 2.19. The standard InChI is InChI=1S/C22H32N2O5/c1-14(2)19(25)8-6-5-7-9-23-18-11-16(21(28)15(3)4)10-17(12-18)22(29)24-13-20(26)27/h10-12,14-15,23H,5-9,13H2,1-4H3,(H,24,29)(H,26,27). The zero-order chi connectivity index (χ0) is 22.0.